The summed E-state index contributed by atoms with van der Waals surface area (Å²) in [5, 5.41) is 0. The summed E-state index contributed by atoms with van der Waals surface area (Å²) < 4.78 is 35.2. The molecule has 17 heavy (non-hydrogen) atoms. The van der Waals surface area contributed by atoms with Crippen LogP contribution >= 0.6 is 0 Å². The highest BCUT2D eigenvalue weighted by molar-refractivity contribution is 5.92. The van der Waals surface area contributed by atoms with E-state index in [0.29, 0.717) is 0 Å². The Labute approximate surface area is 97.6 Å². The van der Waals surface area contributed by atoms with Crippen LogP contribution in [0.25, 0.3) is 0 Å². The van der Waals surface area contributed by atoms with Gasteiger partial charge in [0.15, 0.2) is 0 Å². The molecule has 0 unspecified atom stereocenters. The molecule has 0 fully saturated rings. The zero-order valence-electron chi connectivity index (χ0n) is 9.79. The van der Waals surface area contributed by atoms with Crippen LogP contribution in [0.1, 0.15) is 35.0 Å². The second kappa shape index (κ2) is 5.56. The number of hydrogen-bond donors (Lipinski definition) is 0. The highest BCUT2D eigenvalue weighted by Gasteiger charge is 2.23. The summed E-state index contributed by atoms with van der Waals surface area (Å²) in [6.07, 6.45) is -2.79. The van der Waals surface area contributed by atoms with Crippen LogP contribution < -0.4 is 4.74 Å². The Morgan fingerprint density at radius 2 is 2.18 bits per heavy atom. The number of carbonyl (C=O) groups is 1. The van der Waals surface area contributed by atoms with Crippen LogP contribution in [0.15, 0.2) is 6.07 Å². The molecule has 0 saturated carbocycles. The minimum absolute atomic E-state index is 0.0471. The number of aryl methyl sites for hydroxylation is 1. The van der Waals surface area contributed by atoms with Crippen molar-refractivity contribution < 1.29 is 23.0 Å². The van der Waals surface area contributed by atoms with Gasteiger partial charge >= 0.3 is 5.97 Å². The number of esters is 1. The fourth-order valence-electron chi connectivity index (χ4n) is 1.41. The number of nitrogens with zero attached hydrogens (tertiary/aromatic N) is 1. The van der Waals surface area contributed by atoms with Gasteiger partial charge in [-0.15, -0.1) is 0 Å². The van der Waals surface area contributed by atoms with Gasteiger partial charge in [0.25, 0.3) is 6.43 Å². The van der Waals surface area contributed by atoms with Gasteiger partial charge in [-0.25, -0.2) is 18.6 Å². The predicted octanol–water partition coefficient (Wildman–Crippen LogP) is 2.51. The van der Waals surface area contributed by atoms with Crippen LogP contribution in [0.2, 0.25) is 0 Å². The van der Waals surface area contributed by atoms with Gasteiger partial charge in [-0.05, 0) is 13.8 Å². The largest absolute Gasteiger partial charge is 0.481 e. The summed E-state index contributed by atoms with van der Waals surface area (Å²) in [5.41, 5.74) is -0.450. The van der Waals surface area contributed by atoms with E-state index < -0.39 is 18.0 Å². The fraction of sp³-hybridized carbons (Fsp3) is 0.455. The van der Waals surface area contributed by atoms with E-state index in [1.807, 2.05) is 0 Å². The fourth-order valence-corrected chi connectivity index (χ4v) is 1.41. The molecule has 0 aliphatic rings. The molecule has 0 bridgehead atoms. The van der Waals surface area contributed by atoms with Crippen molar-refractivity contribution in [1.29, 1.82) is 0 Å². The van der Waals surface area contributed by atoms with Crippen molar-refractivity contribution in [2.24, 2.45) is 0 Å². The molecule has 0 spiro atoms. The van der Waals surface area contributed by atoms with Crippen molar-refractivity contribution in [2.75, 3.05) is 13.7 Å². The maximum absolute atomic E-state index is 12.8. The average Bonchev–Trinajstić information content (AvgIpc) is 2.27. The number of carbonyl (C=O) groups excluding carboxylic acids is 1. The van der Waals surface area contributed by atoms with Gasteiger partial charge in [0.2, 0.25) is 5.88 Å². The third-order valence-corrected chi connectivity index (χ3v) is 2.13. The maximum atomic E-state index is 12.8. The summed E-state index contributed by atoms with van der Waals surface area (Å²) >= 11 is 0. The molecule has 4 nitrogen and oxygen atoms in total. The SMILES string of the molecule is CCOC(=O)c1c(C(F)F)cc(OC)nc1C. The normalized spacial score (nSPS) is 10.5. The van der Waals surface area contributed by atoms with Gasteiger partial charge in [0.05, 0.1) is 25.0 Å². The molecule has 0 radical (unpaired) electrons. The molecule has 1 heterocycles. The second-order valence-corrected chi connectivity index (χ2v) is 3.24. The first-order valence-electron chi connectivity index (χ1n) is 5.02. The number of aromatic nitrogens is 1. The lowest BCUT2D eigenvalue weighted by Gasteiger charge is -2.12. The highest BCUT2D eigenvalue weighted by Crippen LogP contribution is 2.28. The van der Waals surface area contributed by atoms with E-state index in [1.165, 1.54) is 14.0 Å². The average molecular weight is 245 g/mol. The zero-order valence-corrected chi connectivity index (χ0v) is 9.79. The molecule has 0 amide bonds. The first kappa shape index (κ1) is 13.3. The van der Waals surface area contributed by atoms with Crippen LogP contribution in [0.4, 0.5) is 8.78 Å². The number of pyridine rings is 1. The third-order valence-electron chi connectivity index (χ3n) is 2.13. The van der Waals surface area contributed by atoms with Crippen molar-refractivity contribution >= 4 is 5.97 Å². The van der Waals surface area contributed by atoms with Gasteiger partial charge in [-0.2, -0.15) is 0 Å². The van der Waals surface area contributed by atoms with Gasteiger partial charge in [-0.3, -0.25) is 0 Å². The lowest BCUT2D eigenvalue weighted by molar-refractivity contribution is 0.0513. The van der Waals surface area contributed by atoms with E-state index in [-0.39, 0.29) is 23.7 Å². The summed E-state index contributed by atoms with van der Waals surface area (Å²) in [7, 11) is 1.32. The Bertz CT molecular complexity index is 421. The minimum Gasteiger partial charge on any atom is -0.481 e. The second-order valence-electron chi connectivity index (χ2n) is 3.24. The van der Waals surface area contributed by atoms with Crippen LogP contribution in [0.3, 0.4) is 0 Å². The minimum atomic E-state index is -2.79. The van der Waals surface area contributed by atoms with E-state index in [4.69, 9.17) is 9.47 Å². The maximum Gasteiger partial charge on any atom is 0.340 e. The Hall–Kier alpha value is -1.72. The van der Waals surface area contributed by atoms with E-state index >= 15 is 0 Å². The predicted molar refractivity (Wildman–Crippen MR) is 56.4 cm³/mol. The molecule has 0 aliphatic carbocycles. The molecule has 0 atom stereocenters. The lowest BCUT2D eigenvalue weighted by atomic mass is 10.1. The molecule has 0 aromatic carbocycles. The van der Waals surface area contributed by atoms with Crippen LogP contribution in [0.5, 0.6) is 5.88 Å². The van der Waals surface area contributed by atoms with E-state index in [0.717, 1.165) is 6.07 Å². The van der Waals surface area contributed by atoms with Crippen molar-refractivity contribution in [3.8, 4) is 5.88 Å². The number of halogens is 2. The number of ether oxygens (including phenoxy) is 2. The van der Waals surface area contributed by atoms with Gasteiger partial charge in [0.1, 0.15) is 0 Å². The summed E-state index contributed by atoms with van der Waals surface area (Å²) in [5.74, 6) is -0.749. The smallest absolute Gasteiger partial charge is 0.340 e. The van der Waals surface area contributed by atoms with Crippen molar-refractivity contribution in [2.45, 2.75) is 20.3 Å². The molecule has 94 valence electrons. The third kappa shape index (κ3) is 2.89. The Morgan fingerprint density at radius 1 is 1.53 bits per heavy atom. The van der Waals surface area contributed by atoms with Crippen molar-refractivity contribution in [3.05, 3.63) is 22.9 Å². The molecular weight excluding hydrogens is 232 g/mol. The first-order chi connectivity index (χ1) is 8.01. The molecule has 1 aromatic heterocycles. The summed E-state index contributed by atoms with van der Waals surface area (Å²) in [6.45, 7) is 3.18. The van der Waals surface area contributed by atoms with E-state index in [1.54, 1.807) is 6.92 Å². The Morgan fingerprint density at radius 3 is 2.65 bits per heavy atom. The Balaban J connectivity index is 3.31. The molecule has 1 rings (SSSR count). The number of hydrogen-bond acceptors (Lipinski definition) is 4. The molecule has 0 aliphatic heterocycles. The van der Waals surface area contributed by atoms with Gasteiger partial charge in [-0.1, -0.05) is 0 Å². The van der Waals surface area contributed by atoms with Crippen molar-refractivity contribution in [1.82, 2.24) is 4.98 Å². The standard InChI is InChI=1S/C11H13F2NO3/c1-4-17-11(15)9-6(2)14-8(16-3)5-7(9)10(12)13/h5,10H,4H2,1-3H3. The van der Waals surface area contributed by atoms with Crippen molar-refractivity contribution in [3.63, 3.8) is 0 Å². The summed E-state index contributed by atoms with van der Waals surface area (Å²) in [4.78, 5) is 15.4. The topological polar surface area (TPSA) is 48.4 Å². The van der Waals surface area contributed by atoms with Crippen LogP contribution in [-0.2, 0) is 4.74 Å². The number of alkyl halides is 2. The molecular formula is C11H13F2NO3. The van der Waals surface area contributed by atoms with Gasteiger partial charge in [0, 0.05) is 11.6 Å². The lowest BCUT2D eigenvalue weighted by Crippen LogP contribution is -2.12. The molecule has 1 aromatic rings. The zero-order chi connectivity index (χ0) is 13.0. The van der Waals surface area contributed by atoms with Crippen LogP contribution in [-0.4, -0.2) is 24.7 Å². The quantitative estimate of drug-likeness (QED) is 0.765. The highest BCUT2D eigenvalue weighted by atomic mass is 19.3. The number of methoxy groups -OCH3 is 1. The molecule has 0 saturated heterocycles. The van der Waals surface area contributed by atoms with Crippen LogP contribution in [0, 0.1) is 6.92 Å². The number of rotatable bonds is 4. The van der Waals surface area contributed by atoms with E-state index in [2.05, 4.69) is 4.98 Å². The van der Waals surface area contributed by atoms with E-state index in [9.17, 15) is 13.6 Å². The monoisotopic (exact) mass is 245 g/mol. The van der Waals surface area contributed by atoms with Gasteiger partial charge < -0.3 is 9.47 Å². The summed E-state index contributed by atoms with van der Waals surface area (Å²) in [6, 6.07) is 1.05. The molecule has 6 heteroatoms. The Kier molecular flexibility index (Phi) is 4.37. The molecule has 0 N–H and O–H groups in total. The first-order valence-corrected chi connectivity index (χ1v) is 5.02.